The van der Waals surface area contributed by atoms with Gasteiger partial charge < -0.3 is 29.0 Å². The summed E-state index contributed by atoms with van der Waals surface area (Å²) in [6, 6.07) is 3.17. The maximum atomic E-state index is 12.2. The topological polar surface area (TPSA) is 133 Å². The first-order valence-electron chi connectivity index (χ1n) is 6.41. The van der Waals surface area contributed by atoms with Gasteiger partial charge in [0.15, 0.2) is 16.8 Å². The number of hydrogen-bond donors (Lipinski definition) is 0. The molecule has 8 nitrogen and oxygen atoms in total. The Morgan fingerprint density at radius 2 is 1.81 bits per heavy atom. The van der Waals surface area contributed by atoms with Crippen molar-refractivity contribution in [2.75, 3.05) is 7.11 Å². The summed E-state index contributed by atoms with van der Waals surface area (Å²) in [4.78, 5) is 38.1. The fourth-order valence-corrected chi connectivity index (χ4v) is 2.54. The van der Waals surface area contributed by atoms with Crippen molar-refractivity contribution in [2.45, 2.75) is 0 Å². The Hall–Kier alpha value is -1.13. The first kappa shape index (κ1) is 22.9. The van der Waals surface area contributed by atoms with Crippen molar-refractivity contribution < 1.29 is 88.1 Å². The maximum absolute atomic E-state index is 12.2. The molecule has 26 heavy (non-hydrogen) atoms. The fraction of sp³-hybridized carbons (Fsp3) is 0.0667. The van der Waals surface area contributed by atoms with Crippen LogP contribution in [-0.4, -0.2) is 24.0 Å². The molecule has 0 bridgehead atoms. The number of pyridine rings is 1. The Labute approximate surface area is 194 Å². The Balaban J connectivity index is 0.00000169. The third-order valence-electron chi connectivity index (χ3n) is 3.32. The van der Waals surface area contributed by atoms with E-state index in [9.17, 15) is 24.6 Å². The summed E-state index contributed by atoms with van der Waals surface area (Å²) in [7, 11) is 1.30. The maximum Gasteiger partial charge on any atom is 1.00 e. The second kappa shape index (κ2) is 8.71. The van der Waals surface area contributed by atoms with E-state index in [1.165, 1.54) is 13.2 Å². The van der Waals surface area contributed by atoms with Crippen LogP contribution < -0.4 is 79.5 Å². The van der Waals surface area contributed by atoms with E-state index in [0.29, 0.717) is 0 Å². The SMILES string of the molecule is COc1cc2c(Cl)cc(C(=O)[O-])nc2c2oc(C(=O)[O-])cc(=O)c12.[Na+].[Na+]. The van der Waals surface area contributed by atoms with E-state index in [1.807, 2.05) is 0 Å². The van der Waals surface area contributed by atoms with Gasteiger partial charge in [0, 0.05) is 11.5 Å². The van der Waals surface area contributed by atoms with Crippen molar-refractivity contribution in [1.29, 1.82) is 0 Å². The number of halogens is 1. The second-order valence-corrected chi connectivity index (χ2v) is 5.13. The first-order valence-corrected chi connectivity index (χ1v) is 6.79. The zero-order valence-corrected chi connectivity index (χ0v) is 18.7. The Morgan fingerprint density at radius 1 is 1.15 bits per heavy atom. The van der Waals surface area contributed by atoms with Crippen molar-refractivity contribution in [3.05, 3.63) is 44.9 Å². The predicted octanol–water partition coefficient (Wildman–Crippen LogP) is -6.26. The van der Waals surface area contributed by atoms with Gasteiger partial charge in [-0.25, -0.2) is 4.98 Å². The van der Waals surface area contributed by atoms with Gasteiger partial charge in [-0.05, 0) is 12.1 Å². The molecule has 0 spiro atoms. The number of methoxy groups -OCH3 is 1. The third kappa shape index (κ3) is 3.91. The first-order chi connectivity index (χ1) is 11.3. The largest absolute Gasteiger partial charge is 1.00 e. The molecule has 0 aliphatic carbocycles. The molecule has 122 valence electrons. The summed E-state index contributed by atoms with van der Waals surface area (Å²) in [5.74, 6) is -3.98. The van der Waals surface area contributed by atoms with Crippen LogP contribution in [0.15, 0.2) is 27.4 Å². The Bertz CT molecular complexity index is 1100. The molecule has 0 aliphatic rings. The zero-order chi connectivity index (χ0) is 17.6. The average molecular weight is 394 g/mol. The molecule has 0 radical (unpaired) electrons. The van der Waals surface area contributed by atoms with Gasteiger partial charge in [0.25, 0.3) is 0 Å². The molecular weight excluding hydrogens is 388 g/mol. The number of rotatable bonds is 3. The number of aromatic nitrogens is 1. The van der Waals surface area contributed by atoms with Crippen LogP contribution in [0.3, 0.4) is 0 Å². The van der Waals surface area contributed by atoms with Crippen molar-refractivity contribution in [3.63, 3.8) is 0 Å². The van der Waals surface area contributed by atoms with Gasteiger partial charge in [0.1, 0.15) is 22.6 Å². The smallest absolute Gasteiger partial charge is 0.543 e. The van der Waals surface area contributed by atoms with Crippen molar-refractivity contribution in [3.8, 4) is 5.75 Å². The molecule has 2 heterocycles. The van der Waals surface area contributed by atoms with Crippen LogP contribution in [0.25, 0.3) is 21.9 Å². The normalized spacial score (nSPS) is 10.1. The summed E-state index contributed by atoms with van der Waals surface area (Å²) in [5.41, 5.74) is -1.61. The second-order valence-electron chi connectivity index (χ2n) is 4.72. The van der Waals surface area contributed by atoms with Crippen LogP contribution in [0.2, 0.25) is 5.02 Å². The summed E-state index contributed by atoms with van der Waals surface area (Å²) >= 11 is 6.04. The number of ether oxygens (including phenoxy) is 1. The summed E-state index contributed by atoms with van der Waals surface area (Å²) in [6.45, 7) is 0. The Morgan fingerprint density at radius 3 is 2.35 bits per heavy atom. The van der Waals surface area contributed by atoms with E-state index in [4.69, 9.17) is 20.8 Å². The van der Waals surface area contributed by atoms with Crippen LogP contribution in [0.1, 0.15) is 21.0 Å². The number of aromatic carboxylic acids is 2. The molecule has 0 saturated heterocycles. The molecule has 11 heteroatoms. The minimum absolute atomic E-state index is 0. The molecular formula is C15H6ClNNa2O7. The van der Waals surface area contributed by atoms with Gasteiger partial charge in [-0.3, -0.25) is 4.79 Å². The molecule has 0 N–H and O–H groups in total. The molecule has 0 saturated carbocycles. The molecule has 1 aromatic carbocycles. The summed E-state index contributed by atoms with van der Waals surface area (Å²) in [5, 5.41) is 22.1. The number of nitrogens with zero attached hydrogens (tertiary/aromatic N) is 1. The van der Waals surface area contributed by atoms with E-state index >= 15 is 0 Å². The van der Waals surface area contributed by atoms with E-state index in [0.717, 1.165) is 12.1 Å². The molecule has 0 aliphatic heterocycles. The van der Waals surface area contributed by atoms with Gasteiger partial charge in [-0.2, -0.15) is 0 Å². The number of hydrogen-bond acceptors (Lipinski definition) is 8. The standard InChI is InChI=1S/C15H8ClNO7.2Na/c1-23-9-2-5-6(16)3-7(14(19)20)17-12(5)13-11(9)8(18)4-10(24-13)15(21)22;;/h2-4H,1H3,(H,19,20)(H,21,22);;/q;2*+1/p-2. The number of carbonyl (C=O) groups excluding carboxylic acids is 2. The van der Waals surface area contributed by atoms with Gasteiger partial charge in [0.05, 0.1) is 23.8 Å². The van der Waals surface area contributed by atoms with Gasteiger partial charge in [-0.1, -0.05) is 11.6 Å². The average Bonchev–Trinajstić information content (AvgIpc) is 2.53. The fourth-order valence-electron chi connectivity index (χ4n) is 2.30. The molecule has 0 fully saturated rings. The minimum Gasteiger partial charge on any atom is -0.543 e. The molecule has 2 aromatic heterocycles. The summed E-state index contributed by atoms with van der Waals surface area (Å²) < 4.78 is 10.3. The van der Waals surface area contributed by atoms with Gasteiger partial charge in [0.2, 0.25) is 0 Å². The van der Waals surface area contributed by atoms with Crippen LogP contribution in [0.4, 0.5) is 0 Å². The quantitative estimate of drug-likeness (QED) is 0.317. The molecule has 0 atom stereocenters. The van der Waals surface area contributed by atoms with E-state index in [-0.39, 0.29) is 91.8 Å². The van der Waals surface area contributed by atoms with E-state index in [2.05, 4.69) is 4.98 Å². The van der Waals surface area contributed by atoms with E-state index in [1.54, 1.807) is 0 Å². The monoisotopic (exact) mass is 393 g/mol. The van der Waals surface area contributed by atoms with Crippen LogP contribution >= 0.6 is 11.6 Å². The van der Waals surface area contributed by atoms with Crippen LogP contribution in [0, 0.1) is 0 Å². The molecule has 3 aromatic rings. The number of fused-ring (bicyclic) bond motifs is 3. The van der Waals surface area contributed by atoms with Crippen molar-refractivity contribution >= 4 is 45.4 Å². The third-order valence-corrected chi connectivity index (χ3v) is 3.64. The van der Waals surface area contributed by atoms with Crippen LogP contribution in [0.5, 0.6) is 5.75 Å². The predicted molar refractivity (Wildman–Crippen MR) is 78.0 cm³/mol. The molecule has 0 amide bonds. The van der Waals surface area contributed by atoms with Crippen molar-refractivity contribution in [2.24, 2.45) is 0 Å². The number of carbonyl (C=O) groups is 2. The number of carboxylic acids is 2. The van der Waals surface area contributed by atoms with Crippen LogP contribution in [-0.2, 0) is 0 Å². The minimum atomic E-state index is -1.72. The summed E-state index contributed by atoms with van der Waals surface area (Å²) in [6.07, 6.45) is 0. The van der Waals surface area contributed by atoms with Gasteiger partial charge in [-0.15, -0.1) is 0 Å². The van der Waals surface area contributed by atoms with E-state index < -0.39 is 28.8 Å². The molecule has 0 unspecified atom stereocenters. The zero-order valence-electron chi connectivity index (χ0n) is 13.9. The van der Waals surface area contributed by atoms with Crippen molar-refractivity contribution in [1.82, 2.24) is 4.98 Å². The number of carboxylic acid groups (broad SMARTS) is 2. The number of benzene rings is 1. The Kier molecular flexibility index (Phi) is 7.67. The van der Waals surface area contributed by atoms with Gasteiger partial charge >= 0.3 is 59.1 Å². The molecule has 3 rings (SSSR count).